The molecule has 2 fully saturated rings. The third-order valence-corrected chi connectivity index (χ3v) is 3.52. The van der Waals surface area contributed by atoms with Gasteiger partial charge in [-0.2, -0.15) is 0 Å². The molecule has 0 radical (unpaired) electrons. The molecule has 2 rings (SSSR count). The monoisotopic (exact) mass is 198 g/mol. The lowest BCUT2D eigenvalue weighted by Crippen LogP contribution is -2.44. The van der Waals surface area contributed by atoms with Crippen LogP contribution in [0.25, 0.3) is 0 Å². The van der Waals surface area contributed by atoms with Gasteiger partial charge < -0.3 is 10.1 Å². The Hall–Kier alpha value is -0.120. The zero-order valence-corrected chi connectivity index (χ0v) is 9.33. The van der Waals surface area contributed by atoms with Crippen LogP contribution in [0.3, 0.4) is 0 Å². The van der Waals surface area contributed by atoms with Crippen LogP contribution in [0.2, 0.25) is 0 Å². The van der Waals surface area contributed by atoms with Gasteiger partial charge in [0.1, 0.15) is 0 Å². The fourth-order valence-electron chi connectivity index (χ4n) is 2.94. The maximum absolute atomic E-state index is 5.15. The van der Waals surface area contributed by atoms with Gasteiger partial charge in [-0.05, 0) is 32.7 Å². The Labute approximate surface area is 86.8 Å². The van der Waals surface area contributed by atoms with Crippen molar-refractivity contribution in [2.75, 3.05) is 26.8 Å². The van der Waals surface area contributed by atoms with Crippen LogP contribution in [0.5, 0.6) is 0 Å². The number of ether oxygens (including phenoxy) is 1. The van der Waals surface area contributed by atoms with Gasteiger partial charge in [-0.25, -0.2) is 0 Å². The lowest BCUT2D eigenvalue weighted by atomic mass is 10.1. The first-order valence-electron chi connectivity index (χ1n) is 5.80. The van der Waals surface area contributed by atoms with E-state index >= 15 is 0 Å². The highest BCUT2D eigenvalue weighted by molar-refractivity contribution is 4.96. The Balaban J connectivity index is 1.80. The molecule has 0 aromatic rings. The summed E-state index contributed by atoms with van der Waals surface area (Å²) in [6.07, 6.45) is 4.09. The average Bonchev–Trinajstić information content (AvgIpc) is 2.70. The predicted molar refractivity (Wildman–Crippen MR) is 57.5 cm³/mol. The van der Waals surface area contributed by atoms with Crippen LogP contribution >= 0.6 is 0 Å². The number of methoxy groups -OCH3 is 1. The van der Waals surface area contributed by atoms with Crippen LogP contribution < -0.4 is 5.32 Å². The van der Waals surface area contributed by atoms with Crippen LogP contribution in [0.1, 0.15) is 26.2 Å². The van der Waals surface area contributed by atoms with Gasteiger partial charge in [-0.3, -0.25) is 4.90 Å². The maximum atomic E-state index is 5.15. The highest BCUT2D eigenvalue weighted by atomic mass is 16.5. The van der Waals surface area contributed by atoms with Crippen molar-refractivity contribution >= 4 is 0 Å². The van der Waals surface area contributed by atoms with E-state index in [1.807, 2.05) is 0 Å². The summed E-state index contributed by atoms with van der Waals surface area (Å²) < 4.78 is 5.15. The Bertz CT molecular complexity index is 186. The van der Waals surface area contributed by atoms with E-state index in [9.17, 15) is 0 Å². The summed E-state index contributed by atoms with van der Waals surface area (Å²) in [5.41, 5.74) is 0. The summed E-state index contributed by atoms with van der Waals surface area (Å²) in [6.45, 7) is 5.65. The fraction of sp³-hybridized carbons (Fsp3) is 1.00. The second-order valence-corrected chi connectivity index (χ2v) is 4.66. The molecule has 3 heteroatoms. The van der Waals surface area contributed by atoms with Crippen molar-refractivity contribution in [1.82, 2.24) is 10.2 Å². The molecule has 0 spiro atoms. The zero-order chi connectivity index (χ0) is 9.97. The minimum atomic E-state index is 0.491. The van der Waals surface area contributed by atoms with E-state index in [1.165, 1.54) is 32.4 Å². The number of nitrogens with one attached hydrogen (secondary N) is 1. The SMILES string of the molecule is COCC(C)NC1CCN2CCCC12. The third kappa shape index (κ3) is 2.10. The van der Waals surface area contributed by atoms with Crippen molar-refractivity contribution in [3.63, 3.8) is 0 Å². The summed E-state index contributed by atoms with van der Waals surface area (Å²) in [4.78, 5) is 2.64. The fourth-order valence-corrected chi connectivity index (χ4v) is 2.94. The molecule has 0 aromatic carbocycles. The highest BCUT2D eigenvalue weighted by Crippen LogP contribution is 2.28. The zero-order valence-electron chi connectivity index (χ0n) is 9.33. The molecule has 0 bridgehead atoms. The molecule has 82 valence electrons. The van der Waals surface area contributed by atoms with E-state index in [0.29, 0.717) is 12.1 Å². The average molecular weight is 198 g/mol. The van der Waals surface area contributed by atoms with Crippen LogP contribution in [0, 0.1) is 0 Å². The highest BCUT2D eigenvalue weighted by Gasteiger charge is 2.37. The first kappa shape index (κ1) is 10.4. The first-order valence-corrected chi connectivity index (χ1v) is 5.80. The smallest absolute Gasteiger partial charge is 0.0613 e. The number of nitrogens with zero attached hydrogens (tertiary/aromatic N) is 1. The van der Waals surface area contributed by atoms with E-state index in [2.05, 4.69) is 17.1 Å². The molecule has 2 aliphatic heterocycles. The minimum absolute atomic E-state index is 0.491. The summed E-state index contributed by atoms with van der Waals surface area (Å²) in [5.74, 6) is 0. The molecule has 0 aliphatic carbocycles. The second kappa shape index (κ2) is 4.60. The molecule has 3 unspecified atom stereocenters. The molecule has 2 aliphatic rings. The van der Waals surface area contributed by atoms with Crippen molar-refractivity contribution in [3.05, 3.63) is 0 Å². The normalized spacial score (nSPS) is 34.7. The lowest BCUT2D eigenvalue weighted by molar-refractivity contribution is 0.162. The molecular formula is C11H22N2O. The van der Waals surface area contributed by atoms with Gasteiger partial charge >= 0.3 is 0 Å². The standard InChI is InChI=1S/C11H22N2O/c1-9(8-14-2)12-10-5-7-13-6-3-4-11(10)13/h9-12H,3-8H2,1-2H3. The van der Waals surface area contributed by atoms with Gasteiger partial charge in [0.05, 0.1) is 6.61 Å². The van der Waals surface area contributed by atoms with Crippen molar-refractivity contribution in [3.8, 4) is 0 Å². The Morgan fingerprint density at radius 3 is 3.07 bits per heavy atom. The summed E-state index contributed by atoms with van der Waals surface area (Å²) in [7, 11) is 1.77. The van der Waals surface area contributed by atoms with Crippen molar-refractivity contribution in [2.45, 2.75) is 44.3 Å². The summed E-state index contributed by atoms with van der Waals surface area (Å²) in [6, 6.07) is 2.02. The van der Waals surface area contributed by atoms with Gasteiger partial charge in [0.25, 0.3) is 0 Å². The topological polar surface area (TPSA) is 24.5 Å². The van der Waals surface area contributed by atoms with Gasteiger partial charge in [-0.15, -0.1) is 0 Å². The van der Waals surface area contributed by atoms with E-state index in [1.54, 1.807) is 7.11 Å². The quantitative estimate of drug-likeness (QED) is 0.725. The minimum Gasteiger partial charge on any atom is -0.383 e. The van der Waals surface area contributed by atoms with Crippen LogP contribution in [-0.4, -0.2) is 49.8 Å². The molecule has 0 aromatic heterocycles. The molecular weight excluding hydrogens is 176 g/mol. The molecule has 2 heterocycles. The van der Waals surface area contributed by atoms with E-state index < -0.39 is 0 Å². The molecule has 1 N–H and O–H groups in total. The van der Waals surface area contributed by atoms with E-state index in [-0.39, 0.29) is 0 Å². The number of hydrogen-bond donors (Lipinski definition) is 1. The van der Waals surface area contributed by atoms with Gasteiger partial charge in [0.2, 0.25) is 0 Å². The van der Waals surface area contributed by atoms with E-state index in [4.69, 9.17) is 4.74 Å². The Morgan fingerprint density at radius 1 is 1.43 bits per heavy atom. The molecule has 3 atom stereocenters. The van der Waals surface area contributed by atoms with Gasteiger partial charge in [-0.1, -0.05) is 0 Å². The second-order valence-electron chi connectivity index (χ2n) is 4.66. The largest absolute Gasteiger partial charge is 0.383 e. The van der Waals surface area contributed by atoms with E-state index in [0.717, 1.165) is 12.6 Å². The van der Waals surface area contributed by atoms with Crippen LogP contribution in [-0.2, 0) is 4.74 Å². The van der Waals surface area contributed by atoms with Crippen molar-refractivity contribution < 1.29 is 4.74 Å². The Morgan fingerprint density at radius 2 is 2.29 bits per heavy atom. The van der Waals surface area contributed by atoms with Crippen molar-refractivity contribution in [1.29, 1.82) is 0 Å². The molecule has 0 amide bonds. The maximum Gasteiger partial charge on any atom is 0.0613 e. The first-order chi connectivity index (χ1) is 6.81. The summed E-state index contributed by atoms with van der Waals surface area (Å²) in [5, 5.41) is 3.68. The lowest BCUT2D eigenvalue weighted by Gasteiger charge is -2.24. The predicted octanol–water partition coefficient (Wildman–Crippen LogP) is 0.848. The molecule has 3 nitrogen and oxygen atoms in total. The van der Waals surface area contributed by atoms with Gasteiger partial charge in [0, 0.05) is 31.8 Å². The van der Waals surface area contributed by atoms with Gasteiger partial charge in [0.15, 0.2) is 0 Å². The number of rotatable bonds is 4. The third-order valence-electron chi connectivity index (χ3n) is 3.52. The molecule has 14 heavy (non-hydrogen) atoms. The van der Waals surface area contributed by atoms with Crippen LogP contribution in [0.4, 0.5) is 0 Å². The van der Waals surface area contributed by atoms with Crippen molar-refractivity contribution in [2.24, 2.45) is 0 Å². The van der Waals surface area contributed by atoms with Crippen LogP contribution in [0.15, 0.2) is 0 Å². The molecule has 0 saturated carbocycles. The summed E-state index contributed by atoms with van der Waals surface area (Å²) >= 11 is 0. The molecule has 2 saturated heterocycles. The number of hydrogen-bond acceptors (Lipinski definition) is 3. The Kier molecular flexibility index (Phi) is 3.42. The number of fused-ring (bicyclic) bond motifs is 1.